The molecule has 0 aliphatic carbocycles. The number of nitrogens with zero attached hydrogens (tertiary/aromatic N) is 4. The second-order valence-electron chi connectivity index (χ2n) is 13.5. The van der Waals surface area contributed by atoms with Gasteiger partial charge < -0.3 is 29.2 Å². The molecule has 2 saturated heterocycles. The molecule has 3 heterocycles. The van der Waals surface area contributed by atoms with Gasteiger partial charge in [0.15, 0.2) is 6.10 Å². The first-order valence-electron chi connectivity index (χ1n) is 16.1. The Morgan fingerprint density at radius 1 is 1.08 bits per heavy atom. The van der Waals surface area contributed by atoms with Crippen LogP contribution in [0.2, 0.25) is 0 Å². The Morgan fingerprint density at radius 2 is 1.79 bits per heavy atom. The van der Waals surface area contributed by atoms with Crippen LogP contribution in [0.5, 0.6) is 0 Å². The third kappa shape index (κ3) is 8.18. The average Bonchev–Trinajstić information content (AvgIpc) is 3.57. The molecule has 1 N–H and O–H groups in total. The van der Waals surface area contributed by atoms with Crippen LogP contribution in [0.25, 0.3) is 11.3 Å². The van der Waals surface area contributed by atoms with Crippen molar-refractivity contribution in [2.24, 2.45) is 11.8 Å². The van der Waals surface area contributed by atoms with Crippen LogP contribution in [-0.2, 0) is 25.6 Å². The summed E-state index contributed by atoms with van der Waals surface area (Å²) in [5, 5.41) is 3.22. The van der Waals surface area contributed by atoms with Crippen LogP contribution < -0.4 is 5.32 Å². The van der Waals surface area contributed by atoms with Gasteiger partial charge in [-0.15, -0.1) is 0 Å². The van der Waals surface area contributed by atoms with Crippen LogP contribution in [0.1, 0.15) is 52.0 Å². The van der Waals surface area contributed by atoms with Crippen LogP contribution in [0, 0.1) is 23.5 Å². The number of ether oxygens (including phenoxy) is 2. The molecule has 1 aromatic heterocycles. The summed E-state index contributed by atoms with van der Waals surface area (Å²) in [4.78, 5) is 46.6. The lowest BCUT2D eigenvalue weighted by atomic mass is 9.90. The Labute approximate surface area is 278 Å². The number of benzene rings is 2. The first kappa shape index (κ1) is 34.9. The summed E-state index contributed by atoms with van der Waals surface area (Å²) in [7, 11) is 0. The molecule has 3 aromatic rings. The van der Waals surface area contributed by atoms with Gasteiger partial charge in [-0.3, -0.25) is 9.59 Å². The lowest BCUT2D eigenvalue weighted by Gasteiger charge is -2.43. The number of hydrogen-bond donors (Lipinski definition) is 1. The van der Waals surface area contributed by atoms with Crippen LogP contribution in [-0.4, -0.2) is 87.9 Å². The number of likely N-dealkylation sites (tertiary alicyclic amines) is 1. The van der Waals surface area contributed by atoms with E-state index >= 15 is 8.78 Å². The zero-order chi connectivity index (χ0) is 34.7. The molecule has 2 aliphatic heterocycles. The van der Waals surface area contributed by atoms with Crippen LogP contribution in [0.3, 0.4) is 0 Å². The molecule has 0 bridgehead atoms. The van der Waals surface area contributed by atoms with Gasteiger partial charge in [-0.05, 0) is 51.5 Å². The van der Waals surface area contributed by atoms with Gasteiger partial charge in [-0.1, -0.05) is 30.3 Å². The molecule has 2 amide bonds. The first-order valence-corrected chi connectivity index (χ1v) is 16.1. The number of hydrogen-bond acceptors (Lipinski definition) is 7. The smallest absolute Gasteiger partial charge is 0.410 e. The van der Waals surface area contributed by atoms with E-state index < -0.39 is 59.4 Å². The van der Waals surface area contributed by atoms with Crippen molar-refractivity contribution in [3.05, 3.63) is 77.8 Å². The normalized spacial score (nSPS) is 19.4. The summed E-state index contributed by atoms with van der Waals surface area (Å²) in [5.74, 6) is -3.16. The summed E-state index contributed by atoms with van der Waals surface area (Å²) in [5.41, 5.74) is 0.231. The van der Waals surface area contributed by atoms with Crippen molar-refractivity contribution in [1.82, 2.24) is 24.7 Å². The van der Waals surface area contributed by atoms with Gasteiger partial charge in [0, 0.05) is 63.2 Å². The largest absolute Gasteiger partial charge is 0.453 e. The summed E-state index contributed by atoms with van der Waals surface area (Å²) < 4.78 is 57.7. The van der Waals surface area contributed by atoms with E-state index in [1.54, 1.807) is 31.5 Å². The van der Waals surface area contributed by atoms with Gasteiger partial charge in [0.05, 0.1) is 18.3 Å². The van der Waals surface area contributed by atoms with E-state index in [1.165, 1.54) is 23.6 Å². The van der Waals surface area contributed by atoms with Crippen molar-refractivity contribution in [2.45, 2.75) is 65.1 Å². The molecule has 2 fully saturated rings. The molecule has 0 radical (unpaired) electrons. The number of alkyl halides is 1. The fourth-order valence-corrected chi connectivity index (χ4v) is 6.14. The minimum absolute atomic E-state index is 0.00431. The lowest BCUT2D eigenvalue weighted by Crippen LogP contribution is -2.55. The number of carbonyl (C=O) groups is 3. The quantitative estimate of drug-likeness (QED) is 0.299. The number of esters is 1. The summed E-state index contributed by atoms with van der Waals surface area (Å²) in [6, 6.07) is 11.8. The fourth-order valence-electron chi connectivity index (χ4n) is 6.14. The number of aromatic nitrogens is 2. The SMILES string of the molecule is CC(=O)OC(C)C(=O)N(CC1CN(C(=O)OC(C)(C)C)CC1F)C(c1nc(-c2cc(F)ccc2F)cn1Cc1ccccc1)C1CNC1. The number of rotatable bonds is 10. The van der Waals surface area contributed by atoms with Crippen molar-refractivity contribution < 1.29 is 37.0 Å². The number of carbonyl (C=O) groups excluding carboxylic acids is 3. The molecule has 10 nitrogen and oxygen atoms in total. The van der Waals surface area contributed by atoms with Gasteiger partial charge in [-0.25, -0.2) is 22.9 Å². The van der Waals surface area contributed by atoms with Crippen molar-refractivity contribution in [3.63, 3.8) is 0 Å². The summed E-state index contributed by atoms with van der Waals surface area (Å²) in [6.07, 6.45) is -1.72. The van der Waals surface area contributed by atoms with E-state index in [9.17, 15) is 18.8 Å². The summed E-state index contributed by atoms with van der Waals surface area (Å²) >= 11 is 0. The first-order chi connectivity index (χ1) is 22.7. The number of amides is 2. The summed E-state index contributed by atoms with van der Waals surface area (Å²) in [6.45, 7) is 8.75. The lowest BCUT2D eigenvalue weighted by molar-refractivity contribution is -0.160. The van der Waals surface area contributed by atoms with Gasteiger partial charge in [0.2, 0.25) is 0 Å². The second kappa shape index (κ2) is 14.4. The molecule has 4 unspecified atom stereocenters. The second-order valence-corrected chi connectivity index (χ2v) is 13.5. The minimum atomic E-state index is -1.47. The van der Waals surface area contributed by atoms with E-state index in [-0.39, 0.29) is 36.8 Å². The minimum Gasteiger partial charge on any atom is -0.453 e. The Balaban J connectivity index is 1.58. The third-order valence-corrected chi connectivity index (χ3v) is 8.49. The van der Waals surface area contributed by atoms with Crippen molar-refractivity contribution in [1.29, 1.82) is 0 Å². The predicted molar refractivity (Wildman–Crippen MR) is 171 cm³/mol. The monoisotopic (exact) mass is 669 g/mol. The maximum atomic E-state index is 15.7. The Hall–Kier alpha value is -4.39. The van der Waals surface area contributed by atoms with E-state index in [1.807, 2.05) is 30.3 Å². The maximum Gasteiger partial charge on any atom is 0.410 e. The highest BCUT2D eigenvalue weighted by Gasteiger charge is 2.45. The van der Waals surface area contributed by atoms with E-state index in [0.717, 1.165) is 23.8 Å². The Kier molecular flexibility index (Phi) is 10.5. The van der Waals surface area contributed by atoms with Crippen LogP contribution >= 0.6 is 0 Å². The maximum absolute atomic E-state index is 15.7. The Bertz CT molecular complexity index is 1620. The number of imidazole rings is 1. The van der Waals surface area contributed by atoms with E-state index in [4.69, 9.17) is 14.5 Å². The Morgan fingerprint density at radius 3 is 2.42 bits per heavy atom. The van der Waals surface area contributed by atoms with Crippen molar-refractivity contribution in [3.8, 4) is 11.3 Å². The van der Waals surface area contributed by atoms with Crippen molar-refractivity contribution >= 4 is 18.0 Å². The highest BCUT2D eigenvalue weighted by atomic mass is 19.1. The van der Waals surface area contributed by atoms with Gasteiger partial charge >= 0.3 is 12.1 Å². The number of nitrogens with one attached hydrogen (secondary N) is 1. The molecule has 2 aromatic carbocycles. The molecule has 0 spiro atoms. The van der Waals surface area contributed by atoms with E-state index in [0.29, 0.717) is 25.5 Å². The van der Waals surface area contributed by atoms with Crippen molar-refractivity contribution in [2.75, 3.05) is 32.7 Å². The van der Waals surface area contributed by atoms with Crippen LogP contribution in [0.15, 0.2) is 54.7 Å². The highest BCUT2D eigenvalue weighted by molar-refractivity contribution is 5.83. The zero-order valence-electron chi connectivity index (χ0n) is 27.8. The zero-order valence-corrected chi connectivity index (χ0v) is 27.8. The topological polar surface area (TPSA) is 106 Å². The molecular weight excluding hydrogens is 627 g/mol. The highest BCUT2D eigenvalue weighted by Crippen LogP contribution is 2.37. The molecular formula is C35H42F3N5O5. The molecule has 4 atom stereocenters. The van der Waals surface area contributed by atoms with E-state index in [2.05, 4.69) is 5.32 Å². The molecule has 5 rings (SSSR count). The third-order valence-electron chi connectivity index (χ3n) is 8.49. The standard InChI is InChI=1S/C35H42F3N5O5/c1-21(47-22(2)44)33(45)43(18-25-17-42(19-29(25)38)34(46)48-35(3,4)5)31(24-14-39-15-24)32-40-30(27-13-26(36)11-12-28(27)37)20-41(32)16-23-9-7-6-8-10-23/h6-13,20-21,24-25,29,31,39H,14-19H2,1-5H3. The van der Waals surface area contributed by atoms with Crippen LogP contribution in [0.4, 0.5) is 18.0 Å². The van der Waals surface area contributed by atoms with Gasteiger partial charge in [-0.2, -0.15) is 0 Å². The predicted octanol–water partition coefficient (Wildman–Crippen LogP) is 5.12. The fraction of sp³-hybridized carbons (Fsp3) is 0.486. The molecule has 2 aliphatic rings. The molecule has 258 valence electrons. The number of halogens is 3. The molecule has 0 saturated carbocycles. The van der Waals surface area contributed by atoms with Gasteiger partial charge in [0.25, 0.3) is 5.91 Å². The van der Waals surface area contributed by atoms with Gasteiger partial charge in [0.1, 0.15) is 29.2 Å². The molecule has 13 heteroatoms. The average molecular weight is 670 g/mol. The molecule has 48 heavy (non-hydrogen) atoms.